The van der Waals surface area contributed by atoms with Crippen LogP contribution in [0.15, 0.2) is 53.0 Å². The summed E-state index contributed by atoms with van der Waals surface area (Å²) in [6.07, 6.45) is 2.82. The van der Waals surface area contributed by atoms with E-state index in [1.807, 2.05) is 54.8 Å². The maximum absolute atomic E-state index is 13.0. The minimum absolute atomic E-state index is 0.0487. The van der Waals surface area contributed by atoms with Crippen LogP contribution in [0.25, 0.3) is 21.8 Å². The second kappa shape index (κ2) is 9.71. The van der Waals surface area contributed by atoms with E-state index in [0.717, 1.165) is 39.4 Å². The highest BCUT2D eigenvalue weighted by atomic mass is 32.2. The number of aromatic nitrogens is 1. The van der Waals surface area contributed by atoms with Crippen LogP contribution in [0.4, 0.5) is 0 Å². The fourth-order valence-corrected chi connectivity index (χ4v) is 4.84. The summed E-state index contributed by atoms with van der Waals surface area (Å²) in [6, 6.07) is 12.0. The number of benzene rings is 2. The lowest BCUT2D eigenvalue weighted by Crippen LogP contribution is -2.14. The van der Waals surface area contributed by atoms with Crippen molar-refractivity contribution in [3.63, 3.8) is 0 Å². The number of ketones is 1. The third kappa shape index (κ3) is 4.49. The lowest BCUT2D eigenvalue weighted by atomic mass is 10.0. The van der Waals surface area contributed by atoms with Gasteiger partial charge >= 0.3 is 5.97 Å². The van der Waals surface area contributed by atoms with Crippen molar-refractivity contribution in [2.24, 2.45) is 5.16 Å². The van der Waals surface area contributed by atoms with E-state index < -0.39 is 5.97 Å². The number of fused-ring (bicyclic) bond motifs is 3. The van der Waals surface area contributed by atoms with Crippen LogP contribution in [0.2, 0.25) is 0 Å². The molecule has 4 rings (SSSR count). The second-order valence-corrected chi connectivity index (χ2v) is 8.78. The topological polar surface area (TPSA) is 69.9 Å². The fraction of sp³-hybridized carbons (Fsp3) is 0.320. The van der Waals surface area contributed by atoms with Crippen molar-refractivity contribution in [2.45, 2.75) is 39.0 Å². The maximum Gasteiger partial charge on any atom is 0.331 e. The van der Waals surface area contributed by atoms with Crippen LogP contribution in [-0.2, 0) is 20.9 Å². The molecule has 0 spiro atoms. The van der Waals surface area contributed by atoms with Crippen molar-refractivity contribution in [1.82, 2.24) is 4.57 Å². The molecule has 0 fully saturated rings. The molecular formula is C25H26N2O4S. The molecule has 32 heavy (non-hydrogen) atoms. The molecule has 1 aliphatic rings. The van der Waals surface area contributed by atoms with Gasteiger partial charge in [-0.3, -0.25) is 4.79 Å². The third-order valence-electron chi connectivity index (χ3n) is 5.52. The highest BCUT2D eigenvalue weighted by Gasteiger charge is 2.23. The largest absolute Gasteiger partial charge is 0.380 e. The number of carbonyl (C=O) groups excluding carboxylic acids is 2. The average Bonchev–Trinajstić information content (AvgIpc) is 3.44. The minimum atomic E-state index is -0.458. The molecule has 166 valence electrons. The lowest BCUT2D eigenvalue weighted by molar-refractivity contribution is -0.140. The zero-order valence-corrected chi connectivity index (χ0v) is 19.3. The molecule has 2 heterocycles. The standard InChI is InChI=1S/C25H26N2O4S/c1-4-30-12-11-27-22-9-7-18(16(2)26-31-17(3)28)14-20(22)21-15-19(8-10-23(21)27)25(29)24-6-5-13-32-24/h5,7-10,13-15,24H,4,6,11-12H2,1-3H3/b26-16+. The summed E-state index contributed by atoms with van der Waals surface area (Å²) in [5.74, 6) is -0.304. The van der Waals surface area contributed by atoms with Gasteiger partial charge in [-0.25, -0.2) is 4.79 Å². The van der Waals surface area contributed by atoms with Crippen molar-refractivity contribution in [2.75, 3.05) is 13.2 Å². The van der Waals surface area contributed by atoms with Gasteiger partial charge in [-0.05, 0) is 61.6 Å². The number of thioether (sulfide) groups is 1. The highest BCUT2D eigenvalue weighted by Crippen LogP contribution is 2.33. The number of Topliss-reactive ketones (excluding diaryl/α,β-unsaturated/α-hetero) is 1. The van der Waals surface area contributed by atoms with Gasteiger partial charge in [-0.2, -0.15) is 0 Å². The number of allylic oxidation sites excluding steroid dienone is 1. The quantitative estimate of drug-likeness (QED) is 0.153. The molecule has 6 nitrogen and oxygen atoms in total. The Bertz CT molecular complexity index is 1230. The fourth-order valence-electron chi connectivity index (χ4n) is 3.95. The summed E-state index contributed by atoms with van der Waals surface area (Å²) in [5, 5.41) is 7.91. The van der Waals surface area contributed by atoms with E-state index in [1.54, 1.807) is 18.7 Å². The van der Waals surface area contributed by atoms with E-state index in [9.17, 15) is 9.59 Å². The van der Waals surface area contributed by atoms with Crippen molar-refractivity contribution >= 4 is 51.0 Å². The molecule has 1 aliphatic heterocycles. The number of hydrogen-bond acceptors (Lipinski definition) is 6. The molecular weight excluding hydrogens is 424 g/mol. The molecule has 0 radical (unpaired) electrons. The van der Waals surface area contributed by atoms with E-state index in [4.69, 9.17) is 9.57 Å². The molecule has 0 amide bonds. The Morgan fingerprint density at radius 1 is 1.09 bits per heavy atom. The summed E-state index contributed by atoms with van der Waals surface area (Å²) in [5.41, 5.74) is 4.30. The Morgan fingerprint density at radius 2 is 1.78 bits per heavy atom. The molecule has 0 aliphatic carbocycles. The first-order chi connectivity index (χ1) is 15.5. The SMILES string of the molecule is CCOCCn1c2ccc(C(=O)C3CC=CS3)cc2c2cc(/C(C)=N/OC(C)=O)ccc21. The molecule has 0 saturated heterocycles. The summed E-state index contributed by atoms with van der Waals surface area (Å²) < 4.78 is 7.82. The zero-order chi connectivity index (χ0) is 22.7. The third-order valence-corrected chi connectivity index (χ3v) is 6.61. The number of oxime groups is 1. The Hall–Kier alpha value is -2.90. The maximum atomic E-state index is 13.0. The van der Waals surface area contributed by atoms with E-state index in [2.05, 4.69) is 9.72 Å². The van der Waals surface area contributed by atoms with Crippen molar-refractivity contribution < 1.29 is 19.2 Å². The monoisotopic (exact) mass is 450 g/mol. The number of ether oxygens (including phenoxy) is 1. The van der Waals surface area contributed by atoms with Gasteiger partial charge in [0.2, 0.25) is 0 Å². The van der Waals surface area contributed by atoms with Gasteiger partial charge in [0.05, 0.1) is 17.6 Å². The van der Waals surface area contributed by atoms with Crippen LogP contribution in [0.1, 0.15) is 43.1 Å². The first-order valence-electron chi connectivity index (χ1n) is 10.7. The van der Waals surface area contributed by atoms with E-state index in [0.29, 0.717) is 25.5 Å². The Labute approximate surface area is 191 Å². The van der Waals surface area contributed by atoms with Gasteiger partial charge in [-0.1, -0.05) is 17.3 Å². The van der Waals surface area contributed by atoms with E-state index in [1.165, 1.54) is 6.92 Å². The van der Waals surface area contributed by atoms with Crippen LogP contribution in [0.3, 0.4) is 0 Å². The van der Waals surface area contributed by atoms with Gasteiger partial charge in [0.25, 0.3) is 0 Å². The Morgan fingerprint density at radius 3 is 2.41 bits per heavy atom. The van der Waals surface area contributed by atoms with E-state index in [-0.39, 0.29) is 11.0 Å². The van der Waals surface area contributed by atoms with Crippen molar-refractivity contribution in [1.29, 1.82) is 0 Å². The number of rotatable bonds is 8. The second-order valence-electron chi connectivity index (χ2n) is 7.67. The predicted octanol–water partition coefficient (Wildman–Crippen LogP) is 5.32. The van der Waals surface area contributed by atoms with Crippen LogP contribution in [0, 0.1) is 0 Å². The molecule has 1 atom stereocenters. The normalized spacial score (nSPS) is 16.2. The first-order valence-corrected chi connectivity index (χ1v) is 11.6. The smallest absolute Gasteiger partial charge is 0.331 e. The summed E-state index contributed by atoms with van der Waals surface area (Å²) >= 11 is 1.58. The van der Waals surface area contributed by atoms with Crippen LogP contribution >= 0.6 is 11.8 Å². The number of carbonyl (C=O) groups is 2. The van der Waals surface area contributed by atoms with Crippen LogP contribution in [-0.4, -0.2) is 40.5 Å². The predicted molar refractivity (Wildman–Crippen MR) is 129 cm³/mol. The molecule has 2 aromatic carbocycles. The molecule has 0 N–H and O–H groups in total. The van der Waals surface area contributed by atoms with Crippen molar-refractivity contribution in [3.05, 3.63) is 59.0 Å². The Balaban J connectivity index is 1.82. The molecule has 3 aromatic rings. The first kappa shape index (κ1) is 22.3. The summed E-state index contributed by atoms with van der Waals surface area (Å²) in [4.78, 5) is 28.9. The van der Waals surface area contributed by atoms with Crippen molar-refractivity contribution in [3.8, 4) is 0 Å². The lowest BCUT2D eigenvalue weighted by Gasteiger charge is -2.09. The Kier molecular flexibility index (Phi) is 6.77. The minimum Gasteiger partial charge on any atom is -0.380 e. The molecule has 0 saturated carbocycles. The molecule has 1 aromatic heterocycles. The van der Waals surface area contributed by atoms with Gasteiger partial charge < -0.3 is 14.1 Å². The van der Waals surface area contributed by atoms with Gasteiger partial charge in [0, 0.05) is 47.4 Å². The summed E-state index contributed by atoms with van der Waals surface area (Å²) in [7, 11) is 0. The van der Waals surface area contributed by atoms with E-state index >= 15 is 0 Å². The number of hydrogen-bond donors (Lipinski definition) is 0. The molecule has 7 heteroatoms. The summed E-state index contributed by atoms with van der Waals surface area (Å²) in [6.45, 7) is 7.09. The highest BCUT2D eigenvalue weighted by molar-refractivity contribution is 8.03. The zero-order valence-electron chi connectivity index (χ0n) is 18.5. The van der Waals surface area contributed by atoms with Gasteiger partial charge in [-0.15, -0.1) is 11.8 Å². The van der Waals surface area contributed by atoms with Crippen LogP contribution in [0.5, 0.6) is 0 Å². The van der Waals surface area contributed by atoms with Gasteiger partial charge in [0.1, 0.15) is 0 Å². The molecule has 0 bridgehead atoms. The van der Waals surface area contributed by atoms with Gasteiger partial charge in [0.15, 0.2) is 5.78 Å². The number of nitrogens with zero attached hydrogens (tertiary/aromatic N) is 2. The van der Waals surface area contributed by atoms with Crippen LogP contribution < -0.4 is 0 Å². The average molecular weight is 451 g/mol. The molecule has 1 unspecified atom stereocenters.